The number of nitrogens with zero attached hydrogens (tertiary/aromatic N) is 2. The van der Waals surface area contributed by atoms with Gasteiger partial charge in [0.2, 0.25) is 0 Å². The van der Waals surface area contributed by atoms with Crippen LogP contribution in [0.4, 0.5) is 0 Å². The van der Waals surface area contributed by atoms with Crippen LogP contribution in [0.3, 0.4) is 0 Å². The highest BCUT2D eigenvalue weighted by atomic mass is 32.2. The number of para-hydroxylation sites is 2. The van der Waals surface area contributed by atoms with Crippen LogP contribution in [0.2, 0.25) is 0 Å². The highest BCUT2D eigenvalue weighted by molar-refractivity contribution is 7.99. The molecule has 0 radical (unpaired) electrons. The maximum atomic E-state index is 11.3. The van der Waals surface area contributed by atoms with Gasteiger partial charge in [0, 0.05) is 5.69 Å². The van der Waals surface area contributed by atoms with Gasteiger partial charge in [-0.05, 0) is 50.2 Å². The first-order chi connectivity index (χ1) is 11.2. The molecule has 0 atom stereocenters. The Morgan fingerprint density at radius 1 is 1.17 bits per heavy atom. The second kappa shape index (κ2) is 6.87. The van der Waals surface area contributed by atoms with Crippen molar-refractivity contribution in [3.63, 3.8) is 0 Å². The first-order valence-electron chi connectivity index (χ1n) is 7.52. The molecule has 0 aliphatic carbocycles. The topological polar surface area (TPSA) is 44.1 Å². The third kappa shape index (κ3) is 3.40. The summed E-state index contributed by atoms with van der Waals surface area (Å²) in [7, 11) is 0. The van der Waals surface area contributed by atoms with E-state index in [4.69, 9.17) is 4.74 Å². The summed E-state index contributed by atoms with van der Waals surface area (Å²) in [5, 5.41) is 0.825. The molecular formula is C18H18N2O2S. The first-order valence-corrected chi connectivity index (χ1v) is 8.50. The minimum absolute atomic E-state index is 0.139. The lowest BCUT2D eigenvalue weighted by Crippen LogP contribution is -2.00. The van der Waals surface area contributed by atoms with E-state index in [9.17, 15) is 4.79 Å². The number of hydrogen-bond donors (Lipinski definition) is 0. The van der Waals surface area contributed by atoms with Crippen LogP contribution in [-0.2, 0) is 4.79 Å². The van der Waals surface area contributed by atoms with Crippen LogP contribution < -0.4 is 4.74 Å². The molecule has 4 nitrogen and oxygen atoms in total. The number of Topliss-reactive ketones (excluding diaryl/α,β-unsaturated/α-hetero) is 1. The summed E-state index contributed by atoms with van der Waals surface area (Å²) in [5.41, 5.74) is 2.96. The monoisotopic (exact) mass is 326 g/mol. The van der Waals surface area contributed by atoms with Gasteiger partial charge in [-0.3, -0.25) is 9.36 Å². The number of ketones is 1. The van der Waals surface area contributed by atoms with Crippen LogP contribution in [0.15, 0.2) is 53.7 Å². The van der Waals surface area contributed by atoms with Gasteiger partial charge < -0.3 is 4.74 Å². The fourth-order valence-corrected chi connectivity index (χ4v) is 3.20. The third-order valence-electron chi connectivity index (χ3n) is 3.34. The molecule has 1 heterocycles. The molecule has 0 aliphatic rings. The molecule has 3 aromatic rings. The fraction of sp³-hybridized carbons (Fsp3) is 0.222. The van der Waals surface area contributed by atoms with Crippen LogP contribution in [0.5, 0.6) is 5.75 Å². The number of rotatable bonds is 6. The lowest BCUT2D eigenvalue weighted by molar-refractivity contribution is -0.114. The molecule has 0 spiro atoms. The number of carbonyl (C=O) groups is 1. The number of fused-ring (bicyclic) bond motifs is 1. The summed E-state index contributed by atoms with van der Waals surface area (Å²) in [4.78, 5) is 16.0. The molecule has 0 fully saturated rings. The van der Waals surface area contributed by atoms with Gasteiger partial charge in [0.15, 0.2) is 5.16 Å². The average molecular weight is 326 g/mol. The molecule has 5 heteroatoms. The lowest BCUT2D eigenvalue weighted by Gasteiger charge is -2.10. The van der Waals surface area contributed by atoms with E-state index in [1.807, 2.05) is 55.5 Å². The van der Waals surface area contributed by atoms with Crippen LogP contribution in [0.1, 0.15) is 13.8 Å². The summed E-state index contributed by atoms with van der Waals surface area (Å²) in [5.74, 6) is 1.40. The van der Waals surface area contributed by atoms with Gasteiger partial charge in [0.05, 0.1) is 23.4 Å². The van der Waals surface area contributed by atoms with Gasteiger partial charge in [-0.1, -0.05) is 23.9 Å². The van der Waals surface area contributed by atoms with Crippen molar-refractivity contribution in [2.24, 2.45) is 0 Å². The van der Waals surface area contributed by atoms with Crippen molar-refractivity contribution >= 4 is 28.6 Å². The molecule has 118 valence electrons. The van der Waals surface area contributed by atoms with Crippen LogP contribution >= 0.6 is 11.8 Å². The van der Waals surface area contributed by atoms with Crippen LogP contribution in [0, 0.1) is 0 Å². The maximum absolute atomic E-state index is 11.3. The Balaban J connectivity index is 2.06. The Hall–Kier alpha value is -2.27. The molecule has 0 amide bonds. The van der Waals surface area contributed by atoms with Crippen molar-refractivity contribution < 1.29 is 9.53 Å². The molecule has 2 aromatic carbocycles. The smallest absolute Gasteiger partial charge is 0.174 e. The Morgan fingerprint density at radius 2 is 1.91 bits per heavy atom. The number of benzene rings is 2. The molecule has 3 rings (SSSR count). The molecule has 23 heavy (non-hydrogen) atoms. The highest BCUT2D eigenvalue weighted by Gasteiger charge is 2.13. The van der Waals surface area contributed by atoms with E-state index in [-0.39, 0.29) is 5.78 Å². The van der Waals surface area contributed by atoms with Crippen molar-refractivity contribution in [2.75, 3.05) is 12.4 Å². The Morgan fingerprint density at radius 3 is 2.61 bits per heavy atom. The summed E-state index contributed by atoms with van der Waals surface area (Å²) in [6.07, 6.45) is 0. The maximum Gasteiger partial charge on any atom is 0.174 e. The molecular weight excluding hydrogens is 308 g/mol. The third-order valence-corrected chi connectivity index (χ3v) is 4.42. The minimum Gasteiger partial charge on any atom is -0.494 e. The second-order valence-electron chi connectivity index (χ2n) is 5.14. The van der Waals surface area contributed by atoms with Gasteiger partial charge >= 0.3 is 0 Å². The number of aromatic nitrogens is 2. The van der Waals surface area contributed by atoms with Crippen LogP contribution in [0.25, 0.3) is 16.7 Å². The normalized spacial score (nSPS) is 10.9. The van der Waals surface area contributed by atoms with E-state index in [1.54, 1.807) is 6.92 Å². The fourth-order valence-electron chi connectivity index (χ4n) is 2.37. The highest BCUT2D eigenvalue weighted by Crippen LogP contribution is 2.28. The number of thioether (sulfide) groups is 1. The Kier molecular flexibility index (Phi) is 4.67. The second-order valence-corrected chi connectivity index (χ2v) is 6.08. The van der Waals surface area contributed by atoms with Crippen molar-refractivity contribution in [1.82, 2.24) is 9.55 Å². The molecule has 0 bridgehead atoms. The molecule has 0 N–H and O–H groups in total. The van der Waals surface area contributed by atoms with Crippen molar-refractivity contribution in [3.8, 4) is 11.4 Å². The van der Waals surface area contributed by atoms with Crippen molar-refractivity contribution in [3.05, 3.63) is 48.5 Å². The largest absolute Gasteiger partial charge is 0.494 e. The molecule has 0 unspecified atom stereocenters. The van der Waals surface area contributed by atoms with E-state index in [2.05, 4.69) is 9.55 Å². The van der Waals surface area contributed by atoms with E-state index in [0.29, 0.717) is 12.4 Å². The minimum atomic E-state index is 0.139. The van der Waals surface area contributed by atoms with Gasteiger partial charge in [0.25, 0.3) is 0 Å². The predicted molar refractivity (Wildman–Crippen MR) is 93.6 cm³/mol. The summed E-state index contributed by atoms with van der Waals surface area (Å²) in [6.45, 7) is 4.21. The molecule has 0 saturated carbocycles. The van der Waals surface area contributed by atoms with Gasteiger partial charge in [0.1, 0.15) is 11.5 Å². The zero-order valence-corrected chi connectivity index (χ0v) is 14.0. The number of imidazole rings is 1. The molecule has 1 aromatic heterocycles. The van der Waals surface area contributed by atoms with E-state index in [0.717, 1.165) is 27.6 Å². The lowest BCUT2D eigenvalue weighted by atomic mass is 10.2. The number of ether oxygens (including phenoxy) is 1. The van der Waals surface area contributed by atoms with Crippen molar-refractivity contribution in [1.29, 1.82) is 0 Å². The van der Waals surface area contributed by atoms with E-state index < -0.39 is 0 Å². The van der Waals surface area contributed by atoms with E-state index >= 15 is 0 Å². The number of carbonyl (C=O) groups excluding carboxylic acids is 1. The van der Waals surface area contributed by atoms with Crippen molar-refractivity contribution in [2.45, 2.75) is 19.0 Å². The quantitative estimate of drug-likeness (QED) is 0.640. The standard InChI is InChI=1S/C18H18N2O2S/c1-3-22-15-10-8-14(9-11-15)20-17-7-5-4-6-16(17)19-18(20)23-12-13(2)21/h4-11H,3,12H2,1-2H3. The van der Waals surface area contributed by atoms with Crippen LogP contribution in [-0.4, -0.2) is 27.7 Å². The zero-order valence-electron chi connectivity index (χ0n) is 13.2. The van der Waals surface area contributed by atoms with E-state index in [1.165, 1.54) is 11.8 Å². The Labute approximate surface area is 139 Å². The predicted octanol–water partition coefficient (Wildman–Crippen LogP) is 4.11. The summed E-state index contributed by atoms with van der Waals surface area (Å²) in [6, 6.07) is 15.9. The van der Waals surface area contributed by atoms with Gasteiger partial charge in [-0.2, -0.15) is 0 Å². The summed E-state index contributed by atoms with van der Waals surface area (Å²) >= 11 is 1.46. The SMILES string of the molecule is CCOc1ccc(-n2c(SCC(C)=O)nc3ccccc32)cc1. The zero-order chi connectivity index (χ0) is 16.2. The molecule has 0 saturated heterocycles. The summed E-state index contributed by atoms with van der Waals surface area (Å²) < 4.78 is 7.58. The average Bonchev–Trinajstić information content (AvgIpc) is 2.92. The van der Waals surface area contributed by atoms with Gasteiger partial charge in [-0.15, -0.1) is 0 Å². The van der Waals surface area contributed by atoms with Gasteiger partial charge in [-0.25, -0.2) is 4.98 Å². The molecule has 0 aliphatic heterocycles. The Bertz CT molecular complexity index is 825. The first kappa shape index (κ1) is 15.6. The number of hydrogen-bond acceptors (Lipinski definition) is 4.